The number of nitrogens with one attached hydrogen (secondary N) is 1. The standard InChI is InChI=1S/C16H13FN2OS/c17-14-4-6-15(7-5-14)21-11-16(20)19-10-13-3-1-2-12(8-13)9-18/h1-8H,10-11H2,(H,19,20). The van der Waals surface area contributed by atoms with Crippen molar-refractivity contribution in [2.75, 3.05) is 5.75 Å². The first-order chi connectivity index (χ1) is 10.2. The fourth-order valence-corrected chi connectivity index (χ4v) is 2.41. The van der Waals surface area contributed by atoms with Crippen molar-refractivity contribution < 1.29 is 9.18 Å². The van der Waals surface area contributed by atoms with Crippen LogP contribution in [0, 0.1) is 17.1 Å². The quantitative estimate of drug-likeness (QED) is 0.863. The van der Waals surface area contributed by atoms with Crippen LogP contribution < -0.4 is 5.32 Å². The van der Waals surface area contributed by atoms with E-state index in [9.17, 15) is 9.18 Å². The molecule has 1 N–H and O–H groups in total. The minimum absolute atomic E-state index is 0.105. The van der Waals surface area contributed by atoms with E-state index in [4.69, 9.17) is 5.26 Å². The summed E-state index contributed by atoms with van der Waals surface area (Å²) >= 11 is 1.35. The summed E-state index contributed by atoms with van der Waals surface area (Å²) in [5.41, 5.74) is 1.46. The summed E-state index contributed by atoms with van der Waals surface area (Å²) in [4.78, 5) is 12.6. The van der Waals surface area contributed by atoms with Gasteiger partial charge in [-0.25, -0.2) is 4.39 Å². The highest BCUT2D eigenvalue weighted by molar-refractivity contribution is 8.00. The molecule has 0 unspecified atom stereocenters. The van der Waals surface area contributed by atoms with Crippen LogP contribution in [0.1, 0.15) is 11.1 Å². The van der Waals surface area contributed by atoms with Crippen LogP contribution in [-0.4, -0.2) is 11.7 Å². The topological polar surface area (TPSA) is 52.9 Å². The monoisotopic (exact) mass is 300 g/mol. The molecule has 0 spiro atoms. The lowest BCUT2D eigenvalue weighted by atomic mass is 10.1. The first-order valence-electron chi connectivity index (χ1n) is 6.31. The first kappa shape index (κ1) is 15.1. The lowest BCUT2D eigenvalue weighted by molar-refractivity contribution is -0.118. The summed E-state index contributed by atoms with van der Waals surface area (Å²) in [5, 5.41) is 11.6. The Labute approximate surface area is 126 Å². The van der Waals surface area contributed by atoms with Crippen LogP contribution in [0.4, 0.5) is 4.39 Å². The van der Waals surface area contributed by atoms with E-state index in [-0.39, 0.29) is 17.5 Å². The Hall–Kier alpha value is -2.32. The Bertz CT molecular complexity index is 665. The van der Waals surface area contributed by atoms with Crippen LogP contribution >= 0.6 is 11.8 Å². The molecular formula is C16H13FN2OS. The molecule has 3 nitrogen and oxygen atoms in total. The van der Waals surface area contributed by atoms with E-state index in [1.54, 1.807) is 30.3 Å². The first-order valence-corrected chi connectivity index (χ1v) is 7.30. The predicted octanol–water partition coefficient (Wildman–Crippen LogP) is 3.11. The molecule has 0 saturated carbocycles. The Morgan fingerprint density at radius 3 is 2.71 bits per heavy atom. The van der Waals surface area contributed by atoms with Gasteiger partial charge in [0, 0.05) is 11.4 Å². The molecule has 0 saturated heterocycles. The number of nitrogens with zero attached hydrogens (tertiary/aromatic N) is 1. The SMILES string of the molecule is N#Cc1cccc(CNC(=O)CSc2ccc(F)cc2)c1. The van der Waals surface area contributed by atoms with Gasteiger partial charge in [0.25, 0.3) is 0 Å². The van der Waals surface area contributed by atoms with Gasteiger partial charge in [-0.2, -0.15) is 5.26 Å². The van der Waals surface area contributed by atoms with Crippen molar-refractivity contribution >= 4 is 17.7 Å². The second-order valence-electron chi connectivity index (χ2n) is 4.33. The summed E-state index contributed by atoms with van der Waals surface area (Å²) in [6.07, 6.45) is 0. The van der Waals surface area contributed by atoms with Crippen LogP contribution in [-0.2, 0) is 11.3 Å². The van der Waals surface area contributed by atoms with Crippen molar-refractivity contribution in [3.8, 4) is 6.07 Å². The molecule has 2 aromatic carbocycles. The zero-order valence-electron chi connectivity index (χ0n) is 11.2. The Kier molecular flexibility index (Phi) is 5.35. The number of hydrogen-bond acceptors (Lipinski definition) is 3. The van der Waals surface area contributed by atoms with E-state index in [0.29, 0.717) is 12.1 Å². The molecule has 0 aliphatic rings. The number of nitriles is 1. The van der Waals surface area contributed by atoms with Gasteiger partial charge in [-0.1, -0.05) is 12.1 Å². The van der Waals surface area contributed by atoms with Gasteiger partial charge in [-0.3, -0.25) is 4.79 Å². The zero-order chi connectivity index (χ0) is 15.1. The molecule has 2 rings (SSSR count). The summed E-state index contributed by atoms with van der Waals surface area (Å²) in [6.45, 7) is 0.387. The summed E-state index contributed by atoms with van der Waals surface area (Å²) in [7, 11) is 0. The molecule has 1 amide bonds. The largest absolute Gasteiger partial charge is 0.351 e. The molecule has 21 heavy (non-hydrogen) atoms. The van der Waals surface area contributed by atoms with E-state index in [2.05, 4.69) is 11.4 Å². The van der Waals surface area contributed by atoms with Crippen molar-refractivity contribution in [1.29, 1.82) is 5.26 Å². The van der Waals surface area contributed by atoms with E-state index >= 15 is 0 Å². The van der Waals surface area contributed by atoms with Crippen molar-refractivity contribution in [2.24, 2.45) is 0 Å². The van der Waals surface area contributed by atoms with Gasteiger partial charge in [0.1, 0.15) is 5.82 Å². The molecule has 106 valence electrons. The van der Waals surface area contributed by atoms with Gasteiger partial charge in [0.2, 0.25) is 5.91 Å². The number of benzene rings is 2. The summed E-state index contributed by atoms with van der Waals surface area (Å²) in [6, 6.07) is 15.2. The van der Waals surface area contributed by atoms with Crippen molar-refractivity contribution in [1.82, 2.24) is 5.32 Å². The van der Waals surface area contributed by atoms with E-state index in [1.165, 1.54) is 23.9 Å². The lowest BCUT2D eigenvalue weighted by Crippen LogP contribution is -2.24. The average molecular weight is 300 g/mol. The number of hydrogen-bond donors (Lipinski definition) is 1. The van der Waals surface area contributed by atoms with Crippen LogP contribution in [0.2, 0.25) is 0 Å². The second-order valence-corrected chi connectivity index (χ2v) is 5.38. The molecule has 0 atom stereocenters. The highest BCUT2D eigenvalue weighted by Gasteiger charge is 2.03. The van der Waals surface area contributed by atoms with E-state index < -0.39 is 0 Å². The fraction of sp³-hybridized carbons (Fsp3) is 0.125. The van der Waals surface area contributed by atoms with Crippen LogP contribution in [0.3, 0.4) is 0 Å². The minimum Gasteiger partial charge on any atom is -0.351 e. The molecule has 0 bridgehead atoms. The molecule has 0 aliphatic carbocycles. The minimum atomic E-state index is -0.291. The molecular weight excluding hydrogens is 287 g/mol. The molecule has 5 heteroatoms. The Morgan fingerprint density at radius 2 is 2.00 bits per heavy atom. The number of rotatable bonds is 5. The molecule has 0 aliphatic heterocycles. The Morgan fingerprint density at radius 1 is 1.24 bits per heavy atom. The van der Waals surface area contributed by atoms with Gasteiger partial charge in [-0.15, -0.1) is 11.8 Å². The van der Waals surface area contributed by atoms with Gasteiger partial charge in [0.15, 0.2) is 0 Å². The Balaban J connectivity index is 1.79. The highest BCUT2D eigenvalue weighted by Crippen LogP contribution is 2.17. The van der Waals surface area contributed by atoms with Crippen molar-refractivity contribution in [3.05, 3.63) is 65.5 Å². The van der Waals surface area contributed by atoms with E-state index in [1.807, 2.05) is 6.07 Å². The van der Waals surface area contributed by atoms with Gasteiger partial charge >= 0.3 is 0 Å². The third-order valence-electron chi connectivity index (χ3n) is 2.73. The van der Waals surface area contributed by atoms with Gasteiger partial charge in [-0.05, 0) is 42.0 Å². The highest BCUT2D eigenvalue weighted by atomic mass is 32.2. The van der Waals surface area contributed by atoms with Crippen molar-refractivity contribution in [3.63, 3.8) is 0 Å². The number of carbonyl (C=O) groups is 1. The fourth-order valence-electron chi connectivity index (χ4n) is 1.68. The number of carbonyl (C=O) groups excluding carboxylic acids is 1. The number of amides is 1. The average Bonchev–Trinajstić information content (AvgIpc) is 2.52. The maximum Gasteiger partial charge on any atom is 0.230 e. The zero-order valence-corrected chi connectivity index (χ0v) is 12.0. The van der Waals surface area contributed by atoms with E-state index in [0.717, 1.165) is 10.5 Å². The molecule has 0 heterocycles. The van der Waals surface area contributed by atoms with Gasteiger partial charge < -0.3 is 5.32 Å². The second kappa shape index (κ2) is 7.46. The smallest absolute Gasteiger partial charge is 0.230 e. The van der Waals surface area contributed by atoms with Gasteiger partial charge in [0.05, 0.1) is 17.4 Å². The normalized spacial score (nSPS) is 9.90. The van der Waals surface area contributed by atoms with Crippen molar-refractivity contribution in [2.45, 2.75) is 11.4 Å². The lowest BCUT2D eigenvalue weighted by Gasteiger charge is -2.05. The molecule has 2 aromatic rings. The van der Waals surface area contributed by atoms with Crippen LogP contribution in [0.5, 0.6) is 0 Å². The molecule has 0 radical (unpaired) electrons. The van der Waals surface area contributed by atoms with Crippen LogP contribution in [0.15, 0.2) is 53.4 Å². The number of halogens is 1. The molecule has 0 fully saturated rings. The number of thioether (sulfide) groups is 1. The molecule has 0 aromatic heterocycles. The summed E-state index contributed by atoms with van der Waals surface area (Å²) < 4.78 is 12.7. The third-order valence-corrected chi connectivity index (χ3v) is 3.74. The maximum atomic E-state index is 12.7. The van der Waals surface area contributed by atoms with Crippen LogP contribution in [0.25, 0.3) is 0 Å². The maximum absolute atomic E-state index is 12.7. The predicted molar refractivity (Wildman–Crippen MR) is 80.1 cm³/mol. The summed E-state index contributed by atoms with van der Waals surface area (Å²) in [5.74, 6) is -0.128. The third kappa shape index (κ3) is 4.93.